The number of para-hydroxylation sites is 1. The van der Waals surface area contributed by atoms with Crippen molar-refractivity contribution in [2.45, 2.75) is 11.1 Å². The number of carbonyl (C=O) groups is 1. The van der Waals surface area contributed by atoms with Crippen LogP contribution in [-0.2, 0) is 14.8 Å². The van der Waals surface area contributed by atoms with Gasteiger partial charge in [0.05, 0.1) is 10.4 Å². The van der Waals surface area contributed by atoms with Gasteiger partial charge in [-0.3, -0.25) is 4.79 Å². The Morgan fingerprint density at radius 3 is 2.24 bits per heavy atom. The molecule has 1 heterocycles. The van der Waals surface area contributed by atoms with Gasteiger partial charge in [-0.2, -0.15) is 25.7 Å². The number of nitrogens with one attached hydrogen (secondary N) is 1. The SMILES string of the molecule is O=C(Nc1nn(S(=O)(=O)c2ccccc2)c2ccccc12)C(F)(F)F. The average Bonchev–Trinajstić information content (AvgIpc) is 2.94. The van der Waals surface area contributed by atoms with E-state index >= 15 is 0 Å². The van der Waals surface area contributed by atoms with E-state index in [9.17, 15) is 26.4 Å². The number of alkyl halides is 3. The van der Waals surface area contributed by atoms with Crippen molar-refractivity contribution in [1.82, 2.24) is 9.19 Å². The Balaban J connectivity index is 2.17. The zero-order chi connectivity index (χ0) is 18.2. The molecule has 0 spiro atoms. The van der Waals surface area contributed by atoms with Crippen molar-refractivity contribution in [3.63, 3.8) is 0 Å². The highest BCUT2D eigenvalue weighted by Gasteiger charge is 2.39. The maximum atomic E-state index is 12.7. The molecule has 130 valence electrons. The molecular weight excluding hydrogens is 359 g/mol. The van der Waals surface area contributed by atoms with E-state index in [0.29, 0.717) is 4.09 Å². The smallest absolute Gasteiger partial charge is 0.301 e. The normalized spacial score (nSPS) is 12.3. The molecule has 6 nitrogen and oxygen atoms in total. The van der Waals surface area contributed by atoms with Gasteiger partial charge in [0.2, 0.25) is 0 Å². The topological polar surface area (TPSA) is 81.1 Å². The lowest BCUT2D eigenvalue weighted by Gasteiger charge is -2.06. The lowest BCUT2D eigenvalue weighted by molar-refractivity contribution is -0.167. The summed E-state index contributed by atoms with van der Waals surface area (Å²) in [7, 11) is -4.14. The van der Waals surface area contributed by atoms with Crippen LogP contribution in [0.2, 0.25) is 0 Å². The van der Waals surface area contributed by atoms with Crippen molar-refractivity contribution in [2.24, 2.45) is 0 Å². The Bertz CT molecular complexity index is 1040. The van der Waals surface area contributed by atoms with Gasteiger partial charge in [-0.05, 0) is 24.3 Å². The number of rotatable bonds is 3. The van der Waals surface area contributed by atoms with Crippen molar-refractivity contribution in [2.75, 3.05) is 5.32 Å². The van der Waals surface area contributed by atoms with Gasteiger partial charge in [-0.15, -0.1) is 5.10 Å². The van der Waals surface area contributed by atoms with E-state index in [0.717, 1.165) is 0 Å². The lowest BCUT2D eigenvalue weighted by Crippen LogP contribution is -2.30. The summed E-state index contributed by atoms with van der Waals surface area (Å²) in [5.74, 6) is -2.72. The molecule has 0 aliphatic carbocycles. The number of carbonyl (C=O) groups excluding carboxylic acids is 1. The van der Waals surface area contributed by atoms with E-state index < -0.39 is 27.9 Å². The first-order valence-electron chi connectivity index (χ1n) is 6.88. The van der Waals surface area contributed by atoms with E-state index in [4.69, 9.17) is 0 Å². The summed E-state index contributed by atoms with van der Waals surface area (Å²) in [6.45, 7) is 0. The Morgan fingerprint density at radius 1 is 1.00 bits per heavy atom. The van der Waals surface area contributed by atoms with Crippen LogP contribution in [-0.4, -0.2) is 29.7 Å². The number of hydrogen-bond donors (Lipinski definition) is 1. The number of nitrogens with zero attached hydrogens (tertiary/aromatic N) is 2. The van der Waals surface area contributed by atoms with Gasteiger partial charge in [0.15, 0.2) is 5.82 Å². The summed E-state index contributed by atoms with van der Waals surface area (Å²) in [6, 6.07) is 13.0. The monoisotopic (exact) mass is 369 g/mol. The number of amides is 1. The minimum atomic E-state index is -5.12. The molecule has 0 saturated carbocycles. The molecule has 1 amide bonds. The van der Waals surface area contributed by atoms with Gasteiger partial charge < -0.3 is 5.32 Å². The van der Waals surface area contributed by atoms with E-state index in [2.05, 4.69) is 5.10 Å². The van der Waals surface area contributed by atoms with Gasteiger partial charge in [0.1, 0.15) is 0 Å². The second kappa shape index (κ2) is 5.88. The predicted molar refractivity (Wildman–Crippen MR) is 83.4 cm³/mol. The predicted octanol–water partition coefficient (Wildman–Crippen LogP) is 2.77. The van der Waals surface area contributed by atoms with E-state index in [-0.39, 0.29) is 15.8 Å². The van der Waals surface area contributed by atoms with Crippen LogP contribution in [0.15, 0.2) is 59.5 Å². The van der Waals surface area contributed by atoms with Crippen molar-refractivity contribution >= 4 is 32.7 Å². The molecule has 25 heavy (non-hydrogen) atoms. The fourth-order valence-electron chi connectivity index (χ4n) is 2.19. The highest BCUT2D eigenvalue weighted by atomic mass is 32.2. The van der Waals surface area contributed by atoms with Crippen LogP contribution < -0.4 is 5.32 Å². The van der Waals surface area contributed by atoms with Crippen molar-refractivity contribution in [3.05, 3.63) is 54.6 Å². The van der Waals surface area contributed by atoms with Gasteiger partial charge in [0.25, 0.3) is 10.0 Å². The molecule has 1 aromatic heterocycles. The molecule has 0 atom stereocenters. The quantitative estimate of drug-likeness (QED) is 0.770. The number of aromatic nitrogens is 2. The van der Waals surface area contributed by atoms with Crippen LogP contribution in [0.25, 0.3) is 10.9 Å². The summed E-state index contributed by atoms with van der Waals surface area (Å²) in [5, 5.41) is 5.37. The molecule has 0 bridgehead atoms. The first-order valence-corrected chi connectivity index (χ1v) is 8.32. The largest absolute Gasteiger partial charge is 0.471 e. The molecule has 10 heteroatoms. The Hall–Kier alpha value is -2.88. The standard InChI is InChI=1S/C15H10F3N3O3S/c16-15(17,18)14(22)19-13-11-8-4-5-9-12(11)21(20-13)25(23,24)10-6-2-1-3-7-10/h1-9H,(H,19,20,22). The molecule has 0 aliphatic rings. The zero-order valence-corrected chi connectivity index (χ0v) is 13.2. The molecule has 0 fully saturated rings. The second-order valence-electron chi connectivity index (χ2n) is 4.98. The number of halogens is 3. The van der Waals surface area contributed by atoms with Crippen LogP contribution in [0.1, 0.15) is 0 Å². The third kappa shape index (κ3) is 3.07. The van der Waals surface area contributed by atoms with Crippen molar-refractivity contribution < 1.29 is 26.4 Å². The molecule has 0 radical (unpaired) electrons. The summed E-state index contributed by atoms with van der Waals surface area (Å²) in [5.41, 5.74) is 0.0452. The Morgan fingerprint density at radius 2 is 1.60 bits per heavy atom. The molecule has 0 aliphatic heterocycles. The summed E-state index contributed by atoms with van der Waals surface area (Å²) in [4.78, 5) is 11.1. The number of benzene rings is 2. The third-order valence-corrected chi connectivity index (χ3v) is 4.92. The molecule has 3 rings (SSSR count). The van der Waals surface area contributed by atoms with Crippen LogP contribution in [0.4, 0.5) is 19.0 Å². The lowest BCUT2D eigenvalue weighted by atomic mass is 10.2. The first-order chi connectivity index (χ1) is 11.7. The molecule has 0 saturated heterocycles. The minimum absolute atomic E-state index is 0.0452. The van der Waals surface area contributed by atoms with E-state index in [1.54, 1.807) is 11.4 Å². The summed E-state index contributed by atoms with van der Waals surface area (Å²) in [6.07, 6.45) is -5.12. The van der Waals surface area contributed by atoms with Gasteiger partial charge in [-0.25, -0.2) is 0 Å². The van der Waals surface area contributed by atoms with E-state index in [1.165, 1.54) is 48.5 Å². The Labute approximate surface area is 139 Å². The maximum Gasteiger partial charge on any atom is 0.471 e. The highest BCUT2D eigenvalue weighted by Crippen LogP contribution is 2.27. The third-order valence-electron chi connectivity index (χ3n) is 3.31. The highest BCUT2D eigenvalue weighted by molar-refractivity contribution is 7.90. The van der Waals surface area contributed by atoms with E-state index in [1.807, 2.05) is 0 Å². The van der Waals surface area contributed by atoms with Crippen LogP contribution >= 0.6 is 0 Å². The van der Waals surface area contributed by atoms with Gasteiger partial charge >= 0.3 is 12.1 Å². The van der Waals surface area contributed by atoms with Crippen LogP contribution in [0.3, 0.4) is 0 Å². The Kier molecular flexibility index (Phi) is 3.99. The molecule has 0 unspecified atom stereocenters. The molecular formula is C15H10F3N3O3S. The zero-order valence-electron chi connectivity index (χ0n) is 12.4. The minimum Gasteiger partial charge on any atom is -0.301 e. The van der Waals surface area contributed by atoms with Crippen molar-refractivity contribution in [3.8, 4) is 0 Å². The molecule has 3 aromatic rings. The fraction of sp³-hybridized carbons (Fsp3) is 0.0667. The van der Waals surface area contributed by atoms with Gasteiger partial charge in [-0.1, -0.05) is 30.3 Å². The molecule has 2 aromatic carbocycles. The summed E-state index contributed by atoms with van der Waals surface area (Å²) < 4.78 is 63.4. The van der Waals surface area contributed by atoms with Crippen LogP contribution in [0.5, 0.6) is 0 Å². The van der Waals surface area contributed by atoms with Crippen molar-refractivity contribution in [1.29, 1.82) is 0 Å². The fourth-order valence-corrected chi connectivity index (χ4v) is 3.49. The summed E-state index contributed by atoms with van der Waals surface area (Å²) >= 11 is 0. The van der Waals surface area contributed by atoms with Crippen LogP contribution in [0, 0.1) is 0 Å². The first kappa shape index (κ1) is 17.0. The average molecular weight is 369 g/mol. The molecule has 1 N–H and O–H groups in total. The number of anilines is 1. The number of hydrogen-bond acceptors (Lipinski definition) is 4. The number of fused-ring (bicyclic) bond motifs is 1. The maximum absolute atomic E-state index is 12.7. The second-order valence-corrected chi connectivity index (χ2v) is 6.75. The van der Waals surface area contributed by atoms with Gasteiger partial charge in [0, 0.05) is 5.39 Å².